The lowest BCUT2D eigenvalue weighted by Crippen LogP contribution is -2.53. The van der Waals surface area contributed by atoms with E-state index in [1.165, 1.54) is 6.92 Å². The maximum atomic E-state index is 12.9. The lowest BCUT2D eigenvalue weighted by atomic mass is 9.71. The smallest absolute Gasteiger partial charge is 0.337 e. The number of aliphatic carboxylic acids is 1. The van der Waals surface area contributed by atoms with E-state index < -0.39 is 17.0 Å². The number of hydrogen-bond acceptors (Lipinski definition) is 4. The van der Waals surface area contributed by atoms with Crippen molar-refractivity contribution in [1.82, 2.24) is 5.32 Å². The Morgan fingerprint density at radius 3 is 2.48 bits per heavy atom. The molecular weight excluding hydrogens is 298 g/mol. The Balaban J connectivity index is 2.27. The first-order valence-electron chi connectivity index (χ1n) is 7.67. The minimum Gasteiger partial charge on any atom is -0.479 e. The fraction of sp³-hybridized carbons (Fsp3) is 0.529. The number of hydrogen-bond donors (Lipinski definition) is 3. The number of nitrogens with one attached hydrogen (secondary N) is 1. The molecule has 3 N–H and O–H groups in total. The molecule has 1 aromatic carbocycles. The fourth-order valence-corrected chi connectivity index (χ4v) is 2.95. The Bertz CT molecular complexity index is 590. The molecule has 6 heteroatoms. The van der Waals surface area contributed by atoms with Crippen molar-refractivity contribution in [2.75, 3.05) is 19.8 Å². The molecule has 1 aromatic rings. The second-order valence-electron chi connectivity index (χ2n) is 6.27. The molecule has 1 atom stereocenters. The third-order valence-corrected chi connectivity index (χ3v) is 4.50. The van der Waals surface area contributed by atoms with Crippen LogP contribution in [-0.2, 0) is 19.7 Å². The molecule has 1 aliphatic rings. The van der Waals surface area contributed by atoms with E-state index in [0.717, 1.165) is 11.1 Å². The van der Waals surface area contributed by atoms with Gasteiger partial charge in [0.2, 0.25) is 5.91 Å². The quantitative estimate of drug-likeness (QED) is 0.752. The molecule has 23 heavy (non-hydrogen) atoms. The Morgan fingerprint density at radius 2 is 1.91 bits per heavy atom. The van der Waals surface area contributed by atoms with Gasteiger partial charge in [0.1, 0.15) is 0 Å². The van der Waals surface area contributed by atoms with Gasteiger partial charge in [0, 0.05) is 13.2 Å². The fourth-order valence-electron chi connectivity index (χ4n) is 2.95. The van der Waals surface area contributed by atoms with E-state index in [1.807, 2.05) is 31.2 Å². The number of carboxylic acid groups (broad SMARTS) is 1. The van der Waals surface area contributed by atoms with Gasteiger partial charge in [-0.3, -0.25) is 4.79 Å². The second kappa shape index (κ2) is 6.68. The Morgan fingerprint density at radius 1 is 1.30 bits per heavy atom. The largest absolute Gasteiger partial charge is 0.479 e. The molecule has 1 amide bonds. The van der Waals surface area contributed by atoms with Crippen LogP contribution in [0.1, 0.15) is 30.9 Å². The second-order valence-corrected chi connectivity index (χ2v) is 6.27. The molecule has 6 nitrogen and oxygen atoms in total. The van der Waals surface area contributed by atoms with Crippen LogP contribution in [0.5, 0.6) is 0 Å². The third kappa shape index (κ3) is 3.54. The minimum atomic E-state index is -1.99. The van der Waals surface area contributed by atoms with Gasteiger partial charge in [0.25, 0.3) is 0 Å². The lowest BCUT2D eigenvalue weighted by molar-refractivity contribution is -0.156. The molecule has 0 aromatic heterocycles. The van der Waals surface area contributed by atoms with Crippen LogP contribution in [0.3, 0.4) is 0 Å². The summed E-state index contributed by atoms with van der Waals surface area (Å²) in [5, 5.41) is 21.4. The molecule has 1 fully saturated rings. The molecule has 0 saturated carbocycles. The van der Waals surface area contributed by atoms with E-state index in [4.69, 9.17) is 9.84 Å². The highest BCUT2D eigenvalue weighted by Gasteiger charge is 2.43. The highest BCUT2D eigenvalue weighted by Crippen LogP contribution is 2.37. The Kier molecular flexibility index (Phi) is 5.06. The summed E-state index contributed by atoms with van der Waals surface area (Å²) in [6.07, 6.45) is 1.05. The van der Waals surface area contributed by atoms with Gasteiger partial charge in [-0.15, -0.1) is 0 Å². The SMILES string of the molecule is Cc1ccccc1C1(C(=O)NCC(C)(O)C(=O)O)CCOCC1. The van der Waals surface area contributed by atoms with Crippen LogP contribution in [0, 0.1) is 6.92 Å². The van der Waals surface area contributed by atoms with Crippen molar-refractivity contribution in [3.8, 4) is 0 Å². The zero-order chi connectivity index (χ0) is 17.1. The highest BCUT2D eigenvalue weighted by atomic mass is 16.5. The van der Waals surface area contributed by atoms with E-state index in [2.05, 4.69) is 5.32 Å². The molecule has 0 bridgehead atoms. The van der Waals surface area contributed by atoms with Crippen LogP contribution >= 0.6 is 0 Å². The average molecular weight is 321 g/mol. The van der Waals surface area contributed by atoms with Gasteiger partial charge in [0.05, 0.1) is 12.0 Å². The first-order valence-corrected chi connectivity index (χ1v) is 7.67. The number of carbonyl (C=O) groups excluding carboxylic acids is 1. The highest BCUT2D eigenvalue weighted by molar-refractivity contribution is 5.89. The van der Waals surface area contributed by atoms with Gasteiger partial charge in [-0.25, -0.2) is 4.79 Å². The van der Waals surface area contributed by atoms with E-state index in [-0.39, 0.29) is 12.5 Å². The van der Waals surface area contributed by atoms with Crippen molar-refractivity contribution in [2.24, 2.45) is 0 Å². The number of carbonyl (C=O) groups is 2. The summed E-state index contributed by atoms with van der Waals surface area (Å²) in [7, 11) is 0. The monoisotopic (exact) mass is 321 g/mol. The van der Waals surface area contributed by atoms with E-state index >= 15 is 0 Å². The van der Waals surface area contributed by atoms with Gasteiger partial charge >= 0.3 is 5.97 Å². The van der Waals surface area contributed by atoms with Gasteiger partial charge in [-0.1, -0.05) is 24.3 Å². The predicted molar refractivity (Wildman–Crippen MR) is 84.2 cm³/mol. The van der Waals surface area contributed by atoms with Crippen molar-refractivity contribution >= 4 is 11.9 Å². The Hall–Kier alpha value is -1.92. The zero-order valence-corrected chi connectivity index (χ0v) is 13.5. The van der Waals surface area contributed by atoms with Crippen molar-refractivity contribution in [3.63, 3.8) is 0 Å². The minimum absolute atomic E-state index is 0.267. The summed E-state index contributed by atoms with van der Waals surface area (Å²) >= 11 is 0. The van der Waals surface area contributed by atoms with Crippen molar-refractivity contribution in [3.05, 3.63) is 35.4 Å². The summed E-state index contributed by atoms with van der Waals surface area (Å²) in [5.74, 6) is -1.63. The number of aryl methyl sites for hydroxylation is 1. The molecular formula is C17H23NO5. The van der Waals surface area contributed by atoms with Crippen LogP contribution in [-0.4, -0.2) is 47.4 Å². The third-order valence-electron chi connectivity index (χ3n) is 4.50. The summed E-state index contributed by atoms with van der Waals surface area (Å²) in [6, 6.07) is 7.68. The number of carboxylic acids is 1. The van der Waals surface area contributed by atoms with Crippen LogP contribution in [0.25, 0.3) is 0 Å². The first-order chi connectivity index (χ1) is 10.8. The maximum Gasteiger partial charge on any atom is 0.337 e. The number of ether oxygens (including phenoxy) is 1. The first kappa shape index (κ1) is 17.4. The van der Waals surface area contributed by atoms with E-state index in [1.54, 1.807) is 0 Å². The predicted octanol–water partition coefficient (Wildman–Crippen LogP) is 0.995. The molecule has 1 heterocycles. The van der Waals surface area contributed by atoms with E-state index in [9.17, 15) is 14.7 Å². The number of benzene rings is 1. The topological polar surface area (TPSA) is 95.9 Å². The van der Waals surface area contributed by atoms with Crippen LogP contribution in [0.4, 0.5) is 0 Å². The van der Waals surface area contributed by atoms with Crippen molar-refractivity contribution in [1.29, 1.82) is 0 Å². The molecule has 126 valence electrons. The number of aliphatic hydroxyl groups is 1. The van der Waals surface area contributed by atoms with Crippen molar-refractivity contribution < 1.29 is 24.5 Å². The van der Waals surface area contributed by atoms with Crippen LogP contribution in [0.15, 0.2) is 24.3 Å². The van der Waals surface area contributed by atoms with E-state index in [0.29, 0.717) is 26.1 Å². The summed E-state index contributed by atoms with van der Waals surface area (Å²) in [4.78, 5) is 23.9. The van der Waals surface area contributed by atoms with Crippen LogP contribution < -0.4 is 5.32 Å². The molecule has 1 unspecified atom stereocenters. The van der Waals surface area contributed by atoms with Crippen LogP contribution in [0.2, 0.25) is 0 Å². The molecule has 0 radical (unpaired) electrons. The summed E-state index contributed by atoms with van der Waals surface area (Å²) < 4.78 is 5.40. The molecule has 0 spiro atoms. The molecule has 1 aliphatic heterocycles. The normalized spacial score (nSPS) is 19.6. The molecule has 0 aliphatic carbocycles. The average Bonchev–Trinajstić information content (AvgIpc) is 2.53. The standard InChI is InChI=1S/C17H23NO5/c1-12-5-3-4-6-13(12)17(7-9-23-10-8-17)14(19)18-11-16(2,22)15(20)21/h3-6,22H,7-11H2,1-2H3,(H,18,19)(H,20,21). The van der Waals surface area contributed by atoms with Gasteiger partial charge in [-0.05, 0) is 37.8 Å². The van der Waals surface area contributed by atoms with Gasteiger partial charge in [0.15, 0.2) is 5.60 Å². The lowest BCUT2D eigenvalue weighted by Gasteiger charge is -2.37. The van der Waals surface area contributed by atoms with Crippen molar-refractivity contribution in [2.45, 2.75) is 37.7 Å². The number of rotatable bonds is 5. The number of amides is 1. The summed E-state index contributed by atoms with van der Waals surface area (Å²) in [5.41, 5.74) is -0.809. The maximum absolute atomic E-state index is 12.9. The van der Waals surface area contributed by atoms with Gasteiger partial charge < -0.3 is 20.3 Å². The zero-order valence-electron chi connectivity index (χ0n) is 13.5. The molecule has 2 rings (SSSR count). The van der Waals surface area contributed by atoms with Gasteiger partial charge in [-0.2, -0.15) is 0 Å². The Labute approximate surface area is 135 Å². The summed E-state index contributed by atoms with van der Waals surface area (Å²) in [6.45, 7) is 3.72. The molecule has 1 saturated heterocycles.